The molecule has 0 amide bonds. The third-order valence-corrected chi connectivity index (χ3v) is 2.10. The molecule has 0 radical (unpaired) electrons. The molecule has 3 nitrogen and oxygen atoms in total. The fourth-order valence-electron chi connectivity index (χ4n) is 0.651. The van der Waals surface area contributed by atoms with E-state index in [0.29, 0.717) is 0 Å². The van der Waals surface area contributed by atoms with Gasteiger partial charge in [-0.2, -0.15) is 0 Å². The first-order chi connectivity index (χ1) is 4.84. The van der Waals surface area contributed by atoms with Gasteiger partial charge in [-0.15, -0.1) is 5.10 Å². The van der Waals surface area contributed by atoms with Crippen LogP contribution in [0.5, 0.6) is 0 Å². The van der Waals surface area contributed by atoms with E-state index in [4.69, 9.17) is 0 Å². The summed E-state index contributed by atoms with van der Waals surface area (Å²) in [5.74, 6) is 0. The van der Waals surface area contributed by atoms with Crippen molar-refractivity contribution in [3.63, 3.8) is 0 Å². The van der Waals surface area contributed by atoms with E-state index in [1.165, 1.54) is 16.4 Å². The summed E-state index contributed by atoms with van der Waals surface area (Å²) >= 11 is 1.47. The van der Waals surface area contributed by atoms with Gasteiger partial charge in [0.2, 0.25) is 0 Å². The lowest BCUT2D eigenvalue weighted by atomic mass is 10.4. The average Bonchev–Trinajstić information content (AvgIpc) is 2.31. The third kappa shape index (κ3) is 1.75. The SMILES string of the molecule is CCNCc1snnc1C. The van der Waals surface area contributed by atoms with Crippen molar-refractivity contribution in [2.45, 2.75) is 20.4 Å². The van der Waals surface area contributed by atoms with Gasteiger partial charge in [0.05, 0.1) is 10.6 Å². The summed E-state index contributed by atoms with van der Waals surface area (Å²) in [6.07, 6.45) is 0. The lowest BCUT2D eigenvalue weighted by Gasteiger charge is -1.95. The van der Waals surface area contributed by atoms with Crippen LogP contribution in [0.15, 0.2) is 0 Å². The Morgan fingerprint density at radius 1 is 1.60 bits per heavy atom. The zero-order chi connectivity index (χ0) is 7.40. The number of rotatable bonds is 3. The van der Waals surface area contributed by atoms with Gasteiger partial charge in [0.25, 0.3) is 0 Å². The van der Waals surface area contributed by atoms with Gasteiger partial charge in [-0.3, -0.25) is 0 Å². The van der Waals surface area contributed by atoms with Crippen molar-refractivity contribution in [1.82, 2.24) is 14.9 Å². The molecule has 0 bridgehead atoms. The zero-order valence-electron chi connectivity index (χ0n) is 6.22. The highest BCUT2D eigenvalue weighted by molar-refractivity contribution is 7.05. The van der Waals surface area contributed by atoms with E-state index in [2.05, 4.69) is 21.8 Å². The lowest BCUT2D eigenvalue weighted by Crippen LogP contribution is -2.11. The van der Waals surface area contributed by atoms with Gasteiger partial charge < -0.3 is 5.32 Å². The molecule has 0 aliphatic carbocycles. The van der Waals surface area contributed by atoms with E-state index in [-0.39, 0.29) is 0 Å². The van der Waals surface area contributed by atoms with Crippen molar-refractivity contribution in [3.05, 3.63) is 10.6 Å². The second kappa shape index (κ2) is 3.63. The van der Waals surface area contributed by atoms with Crippen LogP contribution in [0.1, 0.15) is 17.5 Å². The minimum atomic E-state index is 0.903. The van der Waals surface area contributed by atoms with Gasteiger partial charge >= 0.3 is 0 Å². The summed E-state index contributed by atoms with van der Waals surface area (Å²) in [6.45, 7) is 5.97. The first kappa shape index (κ1) is 7.63. The largest absolute Gasteiger partial charge is 0.312 e. The summed E-state index contributed by atoms with van der Waals surface area (Å²) in [5, 5.41) is 7.12. The predicted octanol–water partition coefficient (Wildman–Crippen LogP) is 0.956. The normalized spacial score (nSPS) is 10.2. The van der Waals surface area contributed by atoms with E-state index in [0.717, 1.165) is 18.8 Å². The Hall–Kier alpha value is -0.480. The van der Waals surface area contributed by atoms with Gasteiger partial charge in [0.15, 0.2) is 0 Å². The Labute approximate surface area is 64.6 Å². The highest BCUT2D eigenvalue weighted by atomic mass is 32.1. The Balaban J connectivity index is 2.49. The Morgan fingerprint density at radius 2 is 2.40 bits per heavy atom. The summed E-state index contributed by atoms with van der Waals surface area (Å²) in [4.78, 5) is 1.24. The standard InChI is InChI=1S/C6H11N3S/c1-3-7-4-6-5(2)8-9-10-6/h7H,3-4H2,1-2H3. The molecule has 0 aromatic carbocycles. The quantitative estimate of drug-likeness (QED) is 0.710. The Kier molecular flexibility index (Phi) is 2.77. The monoisotopic (exact) mass is 157 g/mol. The second-order valence-corrected chi connectivity index (χ2v) is 2.90. The molecule has 1 heterocycles. The molecule has 0 saturated heterocycles. The maximum atomic E-state index is 3.90. The molecule has 0 fully saturated rings. The van der Waals surface area contributed by atoms with E-state index >= 15 is 0 Å². The Bertz CT molecular complexity index is 197. The molecular formula is C6H11N3S. The summed E-state index contributed by atoms with van der Waals surface area (Å²) < 4.78 is 3.83. The average molecular weight is 157 g/mol. The van der Waals surface area contributed by atoms with E-state index in [1.807, 2.05) is 6.92 Å². The van der Waals surface area contributed by atoms with Crippen LogP contribution in [-0.4, -0.2) is 16.1 Å². The molecule has 0 atom stereocenters. The lowest BCUT2D eigenvalue weighted by molar-refractivity contribution is 0.730. The number of nitrogens with one attached hydrogen (secondary N) is 1. The molecule has 0 unspecified atom stereocenters. The summed E-state index contributed by atoms with van der Waals surface area (Å²) in [7, 11) is 0. The summed E-state index contributed by atoms with van der Waals surface area (Å²) in [5.41, 5.74) is 1.05. The smallest absolute Gasteiger partial charge is 0.0769 e. The molecule has 1 rings (SSSR count). The molecule has 0 aliphatic rings. The van der Waals surface area contributed by atoms with Crippen molar-refractivity contribution < 1.29 is 0 Å². The second-order valence-electron chi connectivity index (χ2n) is 2.06. The van der Waals surface area contributed by atoms with Crippen molar-refractivity contribution in [2.24, 2.45) is 0 Å². The van der Waals surface area contributed by atoms with Crippen LogP contribution in [0.4, 0.5) is 0 Å². The molecule has 0 saturated carbocycles. The number of hydrogen-bond donors (Lipinski definition) is 1. The number of aryl methyl sites for hydroxylation is 1. The van der Waals surface area contributed by atoms with Gasteiger partial charge in [-0.05, 0) is 25.0 Å². The minimum absolute atomic E-state index is 0.903. The van der Waals surface area contributed by atoms with Crippen LogP contribution in [0.2, 0.25) is 0 Å². The first-order valence-corrected chi connectivity index (χ1v) is 4.10. The van der Waals surface area contributed by atoms with Crippen molar-refractivity contribution in [3.8, 4) is 0 Å². The van der Waals surface area contributed by atoms with Gasteiger partial charge in [0, 0.05) is 6.54 Å². The van der Waals surface area contributed by atoms with E-state index < -0.39 is 0 Å². The van der Waals surface area contributed by atoms with Crippen LogP contribution in [0.25, 0.3) is 0 Å². The minimum Gasteiger partial charge on any atom is -0.312 e. The highest BCUT2D eigenvalue weighted by Crippen LogP contribution is 2.07. The molecule has 0 aliphatic heterocycles. The predicted molar refractivity (Wildman–Crippen MR) is 42.0 cm³/mol. The topological polar surface area (TPSA) is 37.8 Å². The fourth-order valence-corrected chi connectivity index (χ4v) is 1.25. The molecule has 1 aromatic rings. The number of aromatic nitrogens is 2. The number of nitrogens with zero attached hydrogens (tertiary/aromatic N) is 2. The highest BCUT2D eigenvalue weighted by Gasteiger charge is 1.99. The third-order valence-electron chi connectivity index (χ3n) is 1.28. The van der Waals surface area contributed by atoms with Gasteiger partial charge in [0.1, 0.15) is 0 Å². The maximum absolute atomic E-state index is 3.90. The van der Waals surface area contributed by atoms with Crippen LogP contribution in [0, 0.1) is 6.92 Å². The van der Waals surface area contributed by atoms with Crippen molar-refractivity contribution in [1.29, 1.82) is 0 Å². The van der Waals surface area contributed by atoms with E-state index in [9.17, 15) is 0 Å². The molecule has 1 N–H and O–H groups in total. The maximum Gasteiger partial charge on any atom is 0.0769 e. The molecule has 1 aromatic heterocycles. The summed E-state index contributed by atoms with van der Waals surface area (Å²) in [6, 6.07) is 0. The van der Waals surface area contributed by atoms with E-state index in [1.54, 1.807) is 0 Å². The van der Waals surface area contributed by atoms with Crippen LogP contribution >= 0.6 is 11.5 Å². The van der Waals surface area contributed by atoms with Crippen molar-refractivity contribution >= 4 is 11.5 Å². The van der Waals surface area contributed by atoms with Crippen LogP contribution < -0.4 is 5.32 Å². The van der Waals surface area contributed by atoms with Crippen LogP contribution in [0.3, 0.4) is 0 Å². The zero-order valence-corrected chi connectivity index (χ0v) is 7.03. The Morgan fingerprint density at radius 3 is 2.90 bits per heavy atom. The molecule has 0 spiro atoms. The van der Waals surface area contributed by atoms with Gasteiger partial charge in [-0.25, -0.2) is 0 Å². The first-order valence-electron chi connectivity index (χ1n) is 3.33. The molecule has 4 heteroatoms. The molecular weight excluding hydrogens is 146 g/mol. The fraction of sp³-hybridized carbons (Fsp3) is 0.667. The molecule has 56 valence electrons. The van der Waals surface area contributed by atoms with Crippen LogP contribution in [-0.2, 0) is 6.54 Å². The number of hydrogen-bond acceptors (Lipinski definition) is 4. The molecule has 10 heavy (non-hydrogen) atoms. The van der Waals surface area contributed by atoms with Gasteiger partial charge in [-0.1, -0.05) is 11.4 Å². The van der Waals surface area contributed by atoms with Crippen molar-refractivity contribution in [2.75, 3.05) is 6.54 Å².